The molecule has 3 aromatic rings. The lowest BCUT2D eigenvalue weighted by atomic mass is 10.1. The maximum absolute atomic E-state index is 13.1. The third kappa shape index (κ3) is 5.55. The van der Waals surface area contributed by atoms with Crippen molar-refractivity contribution in [1.82, 2.24) is 0 Å². The summed E-state index contributed by atoms with van der Waals surface area (Å²) in [6.45, 7) is 0.351. The molecule has 1 amide bonds. The molecule has 0 aromatic heterocycles. The number of methoxy groups -OCH3 is 1. The highest BCUT2D eigenvalue weighted by molar-refractivity contribution is 9.10. The van der Waals surface area contributed by atoms with Crippen molar-refractivity contribution < 1.29 is 14.3 Å². The summed E-state index contributed by atoms with van der Waals surface area (Å²) >= 11 is 22.3. The first-order valence-corrected chi connectivity index (χ1v) is 12.4. The topological polar surface area (TPSA) is 38.8 Å². The number of thioether (sulfide) groups is 1. The number of hydrogen-bond acceptors (Lipinski definition) is 5. The second kappa shape index (κ2) is 10.5. The number of hydrogen-bond donors (Lipinski definition) is 0. The molecular formula is C24H16BrCl2NO3S2. The van der Waals surface area contributed by atoms with Gasteiger partial charge >= 0.3 is 0 Å². The first-order valence-electron chi connectivity index (χ1n) is 9.64. The summed E-state index contributed by atoms with van der Waals surface area (Å²) < 4.78 is 12.7. The number of thiocarbonyl (C=S) groups is 1. The molecule has 0 spiro atoms. The van der Waals surface area contributed by atoms with E-state index in [0.717, 1.165) is 11.1 Å². The van der Waals surface area contributed by atoms with E-state index < -0.39 is 0 Å². The molecule has 1 aliphatic rings. The Hall–Kier alpha value is -2.03. The highest BCUT2D eigenvalue weighted by atomic mass is 79.9. The van der Waals surface area contributed by atoms with E-state index >= 15 is 0 Å². The van der Waals surface area contributed by atoms with Gasteiger partial charge in [-0.15, -0.1) is 0 Å². The van der Waals surface area contributed by atoms with Crippen LogP contribution in [0.3, 0.4) is 0 Å². The van der Waals surface area contributed by atoms with Gasteiger partial charge in [0.15, 0.2) is 15.8 Å². The summed E-state index contributed by atoms with van der Waals surface area (Å²) in [5.74, 6) is 0.899. The van der Waals surface area contributed by atoms with E-state index in [1.807, 2.05) is 36.4 Å². The maximum Gasteiger partial charge on any atom is 0.270 e. The molecule has 0 radical (unpaired) electrons. The maximum atomic E-state index is 13.1. The van der Waals surface area contributed by atoms with Gasteiger partial charge in [-0.25, -0.2) is 0 Å². The summed E-state index contributed by atoms with van der Waals surface area (Å²) in [4.78, 5) is 15.0. The second-order valence-electron chi connectivity index (χ2n) is 6.95. The average Bonchev–Trinajstić information content (AvgIpc) is 3.06. The van der Waals surface area contributed by atoms with E-state index in [4.69, 9.17) is 44.9 Å². The zero-order valence-corrected chi connectivity index (χ0v) is 21.9. The first kappa shape index (κ1) is 24.1. The van der Waals surface area contributed by atoms with Gasteiger partial charge in [-0.2, -0.15) is 0 Å². The summed E-state index contributed by atoms with van der Waals surface area (Å²) in [5, 5.41) is 1.20. The van der Waals surface area contributed by atoms with Crippen LogP contribution in [0.2, 0.25) is 10.0 Å². The number of carbonyl (C=O) groups excluding carboxylic acids is 1. The largest absolute Gasteiger partial charge is 0.493 e. The quantitative estimate of drug-likeness (QED) is 0.220. The average molecular weight is 581 g/mol. The number of amides is 1. The summed E-state index contributed by atoms with van der Waals surface area (Å²) in [7, 11) is 1.57. The summed E-state index contributed by atoms with van der Waals surface area (Å²) in [5.41, 5.74) is 2.38. The van der Waals surface area contributed by atoms with Crippen molar-refractivity contribution in [1.29, 1.82) is 0 Å². The highest BCUT2D eigenvalue weighted by Gasteiger charge is 2.33. The van der Waals surface area contributed by atoms with E-state index in [1.54, 1.807) is 37.5 Å². The monoisotopic (exact) mass is 579 g/mol. The van der Waals surface area contributed by atoms with Gasteiger partial charge < -0.3 is 9.47 Å². The second-order valence-corrected chi connectivity index (χ2v) is 10.3. The number of carbonyl (C=O) groups is 1. The zero-order chi connectivity index (χ0) is 23.5. The van der Waals surface area contributed by atoms with Crippen LogP contribution in [0, 0.1) is 0 Å². The fourth-order valence-corrected chi connectivity index (χ4v) is 5.34. The number of anilines is 1. The van der Waals surface area contributed by atoms with Gasteiger partial charge in [0.2, 0.25) is 0 Å². The predicted molar refractivity (Wildman–Crippen MR) is 144 cm³/mol. The Kier molecular flexibility index (Phi) is 7.66. The van der Waals surface area contributed by atoms with Crippen LogP contribution < -0.4 is 14.4 Å². The van der Waals surface area contributed by atoms with Gasteiger partial charge in [0, 0.05) is 10.0 Å². The Morgan fingerprint density at radius 1 is 1.09 bits per heavy atom. The van der Waals surface area contributed by atoms with Crippen LogP contribution in [0.1, 0.15) is 11.1 Å². The third-order valence-electron chi connectivity index (χ3n) is 4.71. The van der Waals surface area contributed by atoms with E-state index in [-0.39, 0.29) is 5.91 Å². The minimum atomic E-state index is -0.203. The van der Waals surface area contributed by atoms with Gasteiger partial charge in [-0.1, -0.05) is 65.4 Å². The molecular weight excluding hydrogens is 565 g/mol. The zero-order valence-electron chi connectivity index (χ0n) is 17.2. The fourth-order valence-electron chi connectivity index (χ4n) is 3.16. The fraction of sp³-hybridized carbons (Fsp3) is 0.0833. The van der Waals surface area contributed by atoms with Gasteiger partial charge in [0.1, 0.15) is 6.61 Å². The molecule has 0 aliphatic carbocycles. The lowest BCUT2D eigenvalue weighted by molar-refractivity contribution is -0.113. The summed E-state index contributed by atoms with van der Waals surface area (Å²) in [6, 6.07) is 18.2. The Morgan fingerprint density at radius 3 is 2.55 bits per heavy atom. The molecule has 3 aromatic carbocycles. The lowest BCUT2D eigenvalue weighted by Crippen LogP contribution is -2.27. The molecule has 1 aliphatic heterocycles. The van der Waals surface area contributed by atoms with Crippen molar-refractivity contribution in [2.24, 2.45) is 0 Å². The van der Waals surface area contributed by atoms with Crippen molar-refractivity contribution in [3.05, 3.63) is 91.2 Å². The summed E-state index contributed by atoms with van der Waals surface area (Å²) in [6.07, 6.45) is 1.78. The Labute approximate surface area is 219 Å². The van der Waals surface area contributed by atoms with Crippen LogP contribution in [0.4, 0.5) is 5.69 Å². The van der Waals surface area contributed by atoms with E-state index in [0.29, 0.717) is 47.5 Å². The molecule has 0 N–H and O–H groups in total. The van der Waals surface area contributed by atoms with E-state index in [9.17, 15) is 4.79 Å². The minimum Gasteiger partial charge on any atom is -0.493 e. The lowest BCUT2D eigenvalue weighted by Gasteiger charge is -2.15. The number of ether oxygens (including phenoxy) is 2. The third-order valence-corrected chi connectivity index (χ3v) is 7.08. The van der Waals surface area contributed by atoms with Crippen molar-refractivity contribution in [2.75, 3.05) is 12.0 Å². The molecule has 1 heterocycles. The molecule has 1 fully saturated rings. The van der Waals surface area contributed by atoms with E-state index in [2.05, 4.69) is 15.9 Å². The van der Waals surface area contributed by atoms with Crippen LogP contribution >= 0.6 is 63.1 Å². The molecule has 9 heteroatoms. The van der Waals surface area contributed by atoms with Gasteiger partial charge in [0.05, 0.1) is 22.2 Å². The van der Waals surface area contributed by atoms with Gasteiger partial charge in [-0.05, 0) is 75.6 Å². The van der Waals surface area contributed by atoms with Crippen LogP contribution in [-0.2, 0) is 11.4 Å². The van der Waals surface area contributed by atoms with Crippen LogP contribution in [0.15, 0.2) is 70.0 Å². The highest BCUT2D eigenvalue weighted by Crippen LogP contribution is 2.40. The SMILES string of the molecule is COc1cc(/C=C2\SC(=S)N(c3cccc(Cl)c3)C2=O)cc(Br)c1OCc1ccc(Cl)cc1. The van der Waals surface area contributed by atoms with Crippen LogP contribution in [0.25, 0.3) is 6.08 Å². The van der Waals surface area contributed by atoms with Crippen molar-refractivity contribution >= 4 is 85.1 Å². The predicted octanol–water partition coefficient (Wildman–Crippen LogP) is 7.75. The Morgan fingerprint density at radius 2 is 1.85 bits per heavy atom. The van der Waals surface area contributed by atoms with E-state index in [1.165, 1.54) is 16.7 Å². The molecule has 4 nitrogen and oxygen atoms in total. The van der Waals surface area contributed by atoms with Crippen molar-refractivity contribution in [3.8, 4) is 11.5 Å². The number of benzene rings is 3. The van der Waals surface area contributed by atoms with Gasteiger partial charge in [0.25, 0.3) is 5.91 Å². The smallest absolute Gasteiger partial charge is 0.270 e. The van der Waals surface area contributed by atoms with Crippen molar-refractivity contribution in [3.63, 3.8) is 0 Å². The Balaban J connectivity index is 1.58. The van der Waals surface area contributed by atoms with Crippen LogP contribution in [-0.4, -0.2) is 17.3 Å². The first-order chi connectivity index (χ1) is 15.9. The number of nitrogens with zero attached hydrogens (tertiary/aromatic N) is 1. The number of halogens is 3. The Bertz CT molecular complexity index is 1270. The molecule has 168 valence electrons. The molecule has 0 bridgehead atoms. The van der Waals surface area contributed by atoms with Crippen molar-refractivity contribution in [2.45, 2.75) is 6.61 Å². The molecule has 0 saturated carbocycles. The van der Waals surface area contributed by atoms with Crippen LogP contribution in [0.5, 0.6) is 11.5 Å². The number of rotatable bonds is 6. The standard InChI is InChI=1S/C24H16BrCl2NO3S2/c1-30-20-10-15(9-19(25)22(20)31-13-14-5-7-16(26)8-6-14)11-21-23(29)28(24(32)33-21)18-4-2-3-17(27)12-18/h2-12H,13H2,1H3/b21-11-. The molecule has 0 atom stereocenters. The normalized spacial score (nSPS) is 14.8. The molecule has 0 unspecified atom stereocenters. The minimum absolute atomic E-state index is 0.203. The van der Waals surface area contributed by atoms with Gasteiger partial charge in [-0.3, -0.25) is 9.69 Å². The molecule has 1 saturated heterocycles. The molecule has 4 rings (SSSR count). The molecule has 33 heavy (non-hydrogen) atoms.